The zero-order valence-corrected chi connectivity index (χ0v) is 29.6. The minimum Gasteiger partial charge on any atom is -0.496 e. The van der Waals surface area contributed by atoms with Crippen LogP contribution >= 0.6 is 0 Å². The summed E-state index contributed by atoms with van der Waals surface area (Å²) < 4.78 is 13.3. The number of aliphatic hydroxyl groups is 1. The molecule has 8 rings (SSSR count). The summed E-state index contributed by atoms with van der Waals surface area (Å²) in [6.45, 7) is 7.77. The summed E-state index contributed by atoms with van der Waals surface area (Å²) in [5.41, 5.74) is 5.98. The lowest BCUT2D eigenvalue weighted by molar-refractivity contribution is -0.124. The molecule has 2 aromatic carbocycles. The van der Waals surface area contributed by atoms with Crippen molar-refractivity contribution in [3.8, 4) is 16.9 Å². The number of methoxy groups -OCH3 is 1. The van der Waals surface area contributed by atoms with Crippen LogP contribution in [0.4, 0.5) is 10.5 Å². The Balaban J connectivity index is 1.10. The molecule has 0 radical (unpaired) electrons. The Labute approximate surface area is 290 Å². The van der Waals surface area contributed by atoms with Crippen LogP contribution in [0.3, 0.4) is 0 Å². The number of rotatable bonds is 9. The van der Waals surface area contributed by atoms with Gasteiger partial charge in [0.25, 0.3) is 0 Å². The van der Waals surface area contributed by atoms with Crippen molar-refractivity contribution in [1.82, 2.24) is 14.7 Å². The molecule has 1 aliphatic heterocycles. The van der Waals surface area contributed by atoms with E-state index >= 15 is 0 Å². The first kappa shape index (κ1) is 33.6. The number of anilines is 1. The van der Waals surface area contributed by atoms with Crippen LogP contribution < -0.4 is 9.64 Å². The lowest BCUT2D eigenvalue weighted by atomic mass is 9.51. The number of nitrogens with zero attached hydrogens (tertiary/aromatic N) is 4. The Morgan fingerprint density at radius 3 is 2.31 bits per heavy atom. The predicted octanol–water partition coefficient (Wildman–Crippen LogP) is 7.45. The molecule has 4 aliphatic carbocycles. The molecule has 9 nitrogen and oxygen atoms in total. The van der Waals surface area contributed by atoms with Gasteiger partial charge in [-0.2, -0.15) is 5.10 Å². The monoisotopic (exact) mass is 668 g/mol. The van der Waals surface area contributed by atoms with Gasteiger partial charge in [0.2, 0.25) is 5.91 Å². The highest BCUT2D eigenvalue weighted by Crippen LogP contribution is 2.58. The quantitative estimate of drug-likeness (QED) is 0.255. The first-order valence-corrected chi connectivity index (χ1v) is 18.3. The Kier molecular flexibility index (Phi) is 9.24. The van der Waals surface area contributed by atoms with E-state index in [9.17, 15) is 14.7 Å². The number of carbonyl (C=O) groups is 2. The number of likely N-dealkylation sites (tertiary alicyclic amines) is 1. The molecule has 0 unspecified atom stereocenters. The van der Waals surface area contributed by atoms with Gasteiger partial charge >= 0.3 is 6.09 Å². The molecule has 1 saturated heterocycles. The van der Waals surface area contributed by atoms with Crippen molar-refractivity contribution < 1.29 is 24.2 Å². The molecule has 1 N–H and O–H groups in total. The molecule has 3 aromatic rings. The van der Waals surface area contributed by atoms with E-state index in [0.717, 1.165) is 67.6 Å². The lowest BCUT2D eigenvalue weighted by Gasteiger charge is -2.55. The van der Waals surface area contributed by atoms with Gasteiger partial charge < -0.3 is 24.4 Å². The fourth-order valence-corrected chi connectivity index (χ4v) is 8.87. The van der Waals surface area contributed by atoms with Crippen LogP contribution in [0.5, 0.6) is 5.75 Å². The van der Waals surface area contributed by atoms with Crippen LogP contribution in [0, 0.1) is 18.3 Å². The first-order valence-electron chi connectivity index (χ1n) is 18.3. The summed E-state index contributed by atoms with van der Waals surface area (Å²) in [4.78, 5) is 30.8. The summed E-state index contributed by atoms with van der Waals surface area (Å²) in [7, 11) is 1.73. The molecule has 4 saturated carbocycles. The number of benzene rings is 2. The number of hydrogen-bond donors (Lipinski definition) is 1. The third kappa shape index (κ3) is 6.71. The lowest BCUT2D eigenvalue weighted by Crippen LogP contribution is -2.54. The molecule has 0 atom stereocenters. The first-order chi connectivity index (χ1) is 23.6. The van der Waals surface area contributed by atoms with Crippen molar-refractivity contribution >= 4 is 17.7 Å². The van der Waals surface area contributed by atoms with E-state index in [1.54, 1.807) is 12.0 Å². The fraction of sp³-hybridized carbons (Fsp3) is 0.575. The molecule has 2 bridgehead atoms. The smallest absolute Gasteiger partial charge is 0.410 e. The number of aromatic nitrogens is 2. The number of ether oxygens (including phenoxy) is 2. The number of β-amino-alcohol motifs (C(OH)–C–C–N with tert-alkyl or cyclic N) is 1. The molecule has 2 amide bonds. The van der Waals surface area contributed by atoms with Gasteiger partial charge in [0.05, 0.1) is 32.5 Å². The number of aryl methyl sites for hydroxylation is 1. The fourth-order valence-electron chi connectivity index (χ4n) is 8.87. The second kappa shape index (κ2) is 13.5. The van der Waals surface area contributed by atoms with Gasteiger partial charge in [0.15, 0.2) is 0 Å². The topological polar surface area (TPSA) is 97.1 Å². The highest BCUT2D eigenvalue weighted by molar-refractivity contribution is 5.96. The third-order valence-electron chi connectivity index (χ3n) is 12.2. The van der Waals surface area contributed by atoms with E-state index in [4.69, 9.17) is 9.47 Å². The summed E-state index contributed by atoms with van der Waals surface area (Å²) in [6.07, 6.45) is 12.5. The van der Waals surface area contributed by atoms with E-state index in [-0.39, 0.29) is 40.9 Å². The van der Waals surface area contributed by atoms with Gasteiger partial charge in [-0.3, -0.25) is 9.48 Å². The molecule has 9 heteroatoms. The maximum Gasteiger partial charge on any atom is 0.410 e. The molecule has 2 heterocycles. The number of carbonyl (C=O) groups excluding carboxylic acids is 2. The second-order valence-corrected chi connectivity index (χ2v) is 15.7. The maximum atomic E-state index is 14.6. The Bertz CT molecular complexity index is 1640. The Morgan fingerprint density at radius 2 is 1.69 bits per heavy atom. The molecule has 0 spiro atoms. The molecular formula is C40H52N4O5. The van der Waals surface area contributed by atoms with Crippen LogP contribution in [0.25, 0.3) is 11.1 Å². The largest absolute Gasteiger partial charge is 0.496 e. The summed E-state index contributed by atoms with van der Waals surface area (Å²) in [6, 6.07) is 15.4. The maximum absolute atomic E-state index is 14.6. The molecule has 5 aliphatic rings. The molecule has 1 aromatic heterocycles. The number of aliphatic hydroxyl groups excluding tert-OH is 1. The standard InChI is InChI=1S/C40H52N4O5/c1-27(2)44-23-31(22-41-44)30-6-5-7-33(21-30)43(37(46)29-8-11-35(12-9-29)49-38(47)42-24-34(45)25-42)26-39-14-17-40(18-15-39,19-16-39)32-10-13-36(48-4)28(3)20-32/h5-7,10,13,20-23,27,29,34-35,45H,8-9,11-12,14-19,24-26H2,1-4H3. The summed E-state index contributed by atoms with van der Waals surface area (Å²) >= 11 is 0. The van der Waals surface area contributed by atoms with Crippen molar-refractivity contribution in [3.05, 3.63) is 66.0 Å². The van der Waals surface area contributed by atoms with E-state index < -0.39 is 6.10 Å². The summed E-state index contributed by atoms with van der Waals surface area (Å²) in [5, 5.41) is 14.1. The minimum atomic E-state index is -0.451. The van der Waals surface area contributed by atoms with E-state index in [0.29, 0.717) is 38.8 Å². The minimum absolute atomic E-state index is 0.0893. The van der Waals surface area contributed by atoms with Crippen molar-refractivity contribution in [2.45, 2.75) is 109 Å². The van der Waals surface area contributed by atoms with Crippen LogP contribution in [-0.4, -0.2) is 70.7 Å². The van der Waals surface area contributed by atoms with Crippen molar-refractivity contribution in [3.63, 3.8) is 0 Å². The van der Waals surface area contributed by atoms with Gasteiger partial charge in [0, 0.05) is 36.0 Å². The van der Waals surface area contributed by atoms with Gasteiger partial charge in [-0.05, 0) is 131 Å². The Hall–Kier alpha value is -3.85. The normalized spacial score (nSPS) is 26.8. The van der Waals surface area contributed by atoms with Crippen LogP contribution in [-0.2, 0) is 14.9 Å². The van der Waals surface area contributed by atoms with Crippen LogP contribution in [0.2, 0.25) is 0 Å². The number of amides is 2. The molecular weight excluding hydrogens is 616 g/mol. The van der Waals surface area contributed by atoms with E-state index in [2.05, 4.69) is 79.4 Å². The molecule has 262 valence electrons. The average Bonchev–Trinajstić information content (AvgIpc) is 3.61. The van der Waals surface area contributed by atoms with Gasteiger partial charge in [-0.25, -0.2) is 4.79 Å². The zero-order valence-electron chi connectivity index (χ0n) is 29.6. The van der Waals surface area contributed by atoms with Gasteiger partial charge in [0.1, 0.15) is 11.9 Å². The number of fused-ring (bicyclic) bond motifs is 3. The van der Waals surface area contributed by atoms with E-state index in [1.807, 2.05) is 10.9 Å². The average molecular weight is 669 g/mol. The highest BCUT2D eigenvalue weighted by atomic mass is 16.6. The van der Waals surface area contributed by atoms with Crippen molar-refractivity contribution in [2.75, 3.05) is 31.6 Å². The highest BCUT2D eigenvalue weighted by Gasteiger charge is 2.50. The SMILES string of the molecule is COc1ccc(C23CCC(CN(C(=O)C4CCC(OC(=O)N5CC(O)C5)CC4)c4cccc(-c5cnn(C(C)C)c5)c4)(CC2)CC3)cc1C. The zero-order chi connectivity index (χ0) is 34.3. The second-order valence-electron chi connectivity index (χ2n) is 15.7. The van der Waals surface area contributed by atoms with Crippen LogP contribution in [0.1, 0.15) is 95.2 Å². The van der Waals surface area contributed by atoms with Crippen molar-refractivity contribution in [1.29, 1.82) is 0 Å². The number of hydrogen-bond acceptors (Lipinski definition) is 6. The molecule has 49 heavy (non-hydrogen) atoms. The van der Waals surface area contributed by atoms with Gasteiger partial charge in [-0.15, -0.1) is 0 Å². The molecule has 5 fully saturated rings. The van der Waals surface area contributed by atoms with Crippen molar-refractivity contribution in [2.24, 2.45) is 11.3 Å². The summed E-state index contributed by atoms with van der Waals surface area (Å²) in [5.74, 6) is 1.02. The van der Waals surface area contributed by atoms with Crippen LogP contribution in [0.15, 0.2) is 54.9 Å². The van der Waals surface area contributed by atoms with Gasteiger partial charge in [-0.1, -0.05) is 24.3 Å². The van der Waals surface area contributed by atoms with E-state index in [1.165, 1.54) is 11.1 Å². The third-order valence-corrected chi connectivity index (χ3v) is 12.2. The predicted molar refractivity (Wildman–Crippen MR) is 190 cm³/mol. The Morgan fingerprint density at radius 1 is 0.980 bits per heavy atom.